The van der Waals surface area contributed by atoms with Crippen molar-refractivity contribution >= 4 is 11.6 Å². The highest BCUT2D eigenvalue weighted by Crippen LogP contribution is 2.15. The van der Waals surface area contributed by atoms with E-state index < -0.39 is 0 Å². The Morgan fingerprint density at radius 3 is 3.08 bits per heavy atom. The van der Waals surface area contributed by atoms with E-state index in [0.717, 1.165) is 19.8 Å². The van der Waals surface area contributed by atoms with Gasteiger partial charge in [-0.05, 0) is 19.3 Å². The Balaban J connectivity index is 2.09. The summed E-state index contributed by atoms with van der Waals surface area (Å²) in [4.78, 5) is 0. The number of allylic oxidation sites excluding steroid dienone is 1. The fourth-order valence-corrected chi connectivity index (χ4v) is 1.64. The molecule has 1 fully saturated rings. The molecule has 0 amide bonds. The van der Waals surface area contributed by atoms with Crippen molar-refractivity contribution < 1.29 is 4.74 Å². The topological polar surface area (TPSA) is 21.3 Å². The average molecular weight is 204 g/mol. The highest BCUT2D eigenvalue weighted by atomic mass is 35.5. The Morgan fingerprint density at radius 2 is 2.46 bits per heavy atom. The predicted molar refractivity (Wildman–Crippen MR) is 56.3 cm³/mol. The largest absolute Gasteiger partial charge is 0.381 e. The Kier molecular flexibility index (Phi) is 5.44. The lowest BCUT2D eigenvalue weighted by Gasteiger charge is -2.17. The van der Waals surface area contributed by atoms with Gasteiger partial charge in [0, 0.05) is 25.1 Å². The van der Waals surface area contributed by atoms with Crippen molar-refractivity contribution in [1.82, 2.24) is 5.32 Å². The smallest absolute Gasteiger partial charge is 0.0509 e. The van der Waals surface area contributed by atoms with Gasteiger partial charge < -0.3 is 10.1 Å². The number of ether oxygens (including phenoxy) is 1. The molecule has 1 aliphatic rings. The summed E-state index contributed by atoms with van der Waals surface area (Å²) in [5, 5.41) is 3.43. The van der Waals surface area contributed by atoms with Crippen LogP contribution >= 0.6 is 11.6 Å². The summed E-state index contributed by atoms with van der Waals surface area (Å²) >= 11 is 5.51. The van der Waals surface area contributed by atoms with Gasteiger partial charge in [0.25, 0.3) is 0 Å². The second-order valence-corrected chi connectivity index (χ2v) is 3.75. The van der Waals surface area contributed by atoms with Crippen molar-refractivity contribution in [3.05, 3.63) is 12.2 Å². The maximum Gasteiger partial charge on any atom is 0.0509 e. The summed E-state index contributed by atoms with van der Waals surface area (Å²) in [5.41, 5.74) is 0. The Labute approximate surface area is 85.3 Å². The van der Waals surface area contributed by atoms with Crippen molar-refractivity contribution in [2.24, 2.45) is 5.92 Å². The number of alkyl halides is 1. The number of nitrogens with one attached hydrogen (secondary N) is 1. The molecule has 2 nitrogen and oxygen atoms in total. The molecule has 1 aliphatic heterocycles. The molecule has 2 unspecified atom stereocenters. The van der Waals surface area contributed by atoms with Gasteiger partial charge >= 0.3 is 0 Å². The summed E-state index contributed by atoms with van der Waals surface area (Å²) in [6, 6.07) is 0.544. The van der Waals surface area contributed by atoms with Gasteiger partial charge in [0.05, 0.1) is 6.61 Å². The van der Waals surface area contributed by atoms with Crippen molar-refractivity contribution in [2.75, 3.05) is 25.6 Å². The van der Waals surface area contributed by atoms with Gasteiger partial charge in [-0.1, -0.05) is 12.2 Å². The standard InChI is InChI=1S/C10H18ClNO/c1-9(10-4-7-13-8-10)12-6-3-2-5-11/h2-3,9-10,12H,4-8H2,1H3/b3-2+. The zero-order chi connectivity index (χ0) is 9.52. The summed E-state index contributed by atoms with van der Waals surface area (Å²) in [7, 11) is 0. The fourth-order valence-electron chi connectivity index (χ4n) is 1.51. The summed E-state index contributed by atoms with van der Waals surface area (Å²) < 4.78 is 5.33. The Hall–Kier alpha value is -0.0500. The molecule has 1 saturated heterocycles. The number of hydrogen-bond acceptors (Lipinski definition) is 2. The number of rotatable bonds is 5. The van der Waals surface area contributed by atoms with Crippen LogP contribution in [0.1, 0.15) is 13.3 Å². The molecule has 13 heavy (non-hydrogen) atoms. The molecular formula is C10H18ClNO. The molecule has 1 rings (SSSR count). The van der Waals surface area contributed by atoms with Crippen LogP contribution < -0.4 is 5.32 Å². The predicted octanol–water partition coefficient (Wildman–Crippen LogP) is 1.80. The second-order valence-electron chi connectivity index (χ2n) is 3.45. The van der Waals surface area contributed by atoms with Gasteiger partial charge in [0.1, 0.15) is 0 Å². The molecule has 1 heterocycles. The van der Waals surface area contributed by atoms with Gasteiger partial charge in [0.2, 0.25) is 0 Å². The summed E-state index contributed by atoms with van der Waals surface area (Å²) in [5.74, 6) is 1.28. The van der Waals surface area contributed by atoms with Crippen molar-refractivity contribution in [3.8, 4) is 0 Å². The molecule has 1 N–H and O–H groups in total. The van der Waals surface area contributed by atoms with Crippen molar-refractivity contribution in [3.63, 3.8) is 0 Å². The first-order valence-electron chi connectivity index (χ1n) is 4.86. The van der Waals surface area contributed by atoms with Gasteiger partial charge in [-0.2, -0.15) is 0 Å². The third-order valence-electron chi connectivity index (χ3n) is 2.49. The first-order valence-corrected chi connectivity index (χ1v) is 5.40. The highest BCUT2D eigenvalue weighted by Gasteiger charge is 2.20. The van der Waals surface area contributed by atoms with Crippen LogP contribution in [0.25, 0.3) is 0 Å². The van der Waals surface area contributed by atoms with Crippen LogP contribution in [0.15, 0.2) is 12.2 Å². The fraction of sp³-hybridized carbons (Fsp3) is 0.800. The summed E-state index contributed by atoms with van der Waals surface area (Å²) in [6.45, 7) is 4.96. The zero-order valence-corrected chi connectivity index (χ0v) is 8.89. The maximum atomic E-state index is 5.51. The van der Waals surface area contributed by atoms with Gasteiger partial charge in [0.15, 0.2) is 0 Å². The molecule has 0 aromatic rings. The molecule has 0 bridgehead atoms. The molecule has 76 valence electrons. The Morgan fingerprint density at radius 1 is 1.62 bits per heavy atom. The first kappa shape index (κ1) is 11.0. The Bertz CT molecular complexity index is 155. The average Bonchev–Trinajstić information content (AvgIpc) is 2.65. The molecule has 0 spiro atoms. The minimum absolute atomic E-state index is 0.544. The molecule has 2 atom stereocenters. The van der Waals surface area contributed by atoms with Crippen LogP contribution in [0.3, 0.4) is 0 Å². The summed E-state index contributed by atoms with van der Waals surface area (Å²) in [6.07, 6.45) is 5.22. The maximum absolute atomic E-state index is 5.51. The van der Waals surface area contributed by atoms with Crippen molar-refractivity contribution in [1.29, 1.82) is 0 Å². The van der Waals surface area contributed by atoms with Crippen LogP contribution in [0.5, 0.6) is 0 Å². The quantitative estimate of drug-likeness (QED) is 0.544. The molecule has 0 aromatic heterocycles. The SMILES string of the molecule is CC(NC/C=C/CCl)C1CCOC1. The minimum Gasteiger partial charge on any atom is -0.381 e. The third kappa shape index (κ3) is 4.12. The van der Waals surface area contributed by atoms with E-state index in [9.17, 15) is 0 Å². The third-order valence-corrected chi connectivity index (χ3v) is 2.66. The lowest BCUT2D eigenvalue weighted by Crippen LogP contribution is -2.33. The van der Waals surface area contributed by atoms with Crippen LogP contribution in [-0.4, -0.2) is 31.7 Å². The van der Waals surface area contributed by atoms with Gasteiger partial charge in [-0.25, -0.2) is 0 Å². The lowest BCUT2D eigenvalue weighted by atomic mass is 10.0. The monoisotopic (exact) mass is 203 g/mol. The van der Waals surface area contributed by atoms with E-state index in [4.69, 9.17) is 16.3 Å². The second kappa shape index (κ2) is 6.41. The number of hydrogen-bond donors (Lipinski definition) is 1. The highest BCUT2D eigenvalue weighted by molar-refractivity contribution is 6.18. The van der Waals surface area contributed by atoms with Crippen LogP contribution in [0, 0.1) is 5.92 Å². The van der Waals surface area contributed by atoms with E-state index in [-0.39, 0.29) is 0 Å². The molecule has 0 aromatic carbocycles. The van der Waals surface area contributed by atoms with Crippen LogP contribution in [0.4, 0.5) is 0 Å². The van der Waals surface area contributed by atoms with E-state index >= 15 is 0 Å². The molecule has 0 radical (unpaired) electrons. The zero-order valence-electron chi connectivity index (χ0n) is 8.13. The molecule has 0 aliphatic carbocycles. The van der Waals surface area contributed by atoms with E-state index in [1.807, 2.05) is 6.08 Å². The van der Waals surface area contributed by atoms with E-state index in [1.54, 1.807) is 0 Å². The van der Waals surface area contributed by atoms with Gasteiger partial charge in [-0.3, -0.25) is 0 Å². The van der Waals surface area contributed by atoms with E-state index in [2.05, 4.69) is 18.3 Å². The molecule has 3 heteroatoms. The van der Waals surface area contributed by atoms with E-state index in [0.29, 0.717) is 17.8 Å². The molecular weight excluding hydrogens is 186 g/mol. The minimum atomic E-state index is 0.544. The van der Waals surface area contributed by atoms with E-state index in [1.165, 1.54) is 6.42 Å². The van der Waals surface area contributed by atoms with Gasteiger partial charge in [-0.15, -0.1) is 11.6 Å². The van der Waals surface area contributed by atoms with Crippen molar-refractivity contribution in [2.45, 2.75) is 19.4 Å². The van der Waals surface area contributed by atoms with Crippen LogP contribution in [0.2, 0.25) is 0 Å². The molecule has 0 saturated carbocycles. The van der Waals surface area contributed by atoms with Crippen LogP contribution in [-0.2, 0) is 4.74 Å². The normalized spacial score (nSPS) is 25.5. The number of halogens is 1. The lowest BCUT2D eigenvalue weighted by molar-refractivity contribution is 0.179. The first-order chi connectivity index (χ1) is 6.34.